The van der Waals surface area contributed by atoms with Crippen molar-refractivity contribution in [3.05, 3.63) is 97.4 Å². The first-order valence-electron chi connectivity index (χ1n) is 13.5. The van der Waals surface area contributed by atoms with Crippen LogP contribution in [0.5, 0.6) is 5.75 Å². The SMILES string of the molecule is O=C(CN(C(=O)c1ccc(Cl)c(Cl)c1)N1C(=O)[C@@H]2[C@H]3CC[C@@H](C3)[C@H]2C1=O)c1ccc(OC(=O)c2ccc(Cl)cc2Cl)cc1. The van der Waals surface area contributed by atoms with Gasteiger partial charge in [0.2, 0.25) is 0 Å². The third-order valence-electron chi connectivity index (χ3n) is 8.38. The molecule has 0 N–H and O–H groups in total. The Morgan fingerprint density at radius 3 is 2.00 bits per heavy atom. The molecular weight excluding hydrogens is 638 g/mol. The fourth-order valence-electron chi connectivity index (χ4n) is 6.40. The smallest absolute Gasteiger partial charge is 0.345 e. The quantitative estimate of drug-likeness (QED) is 0.120. The zero-order chi connectivity index (χ0) is 30.6. The molecule has 0 spiro atoms. The van der Waals surface area contributed by atoms with E-state index in [0.29, 0.717) is 5.02 Å². The van der Waals surface area contributed by atoms with Gasteiger partial charge in [-0.2, -0.15) is 5.01 Å². The van der Waals surface area contributed by atoms with Crippen LogP contribution in [-0.4, -0.2) is 46.0 Å². The van der Waals surface area contributed by atoms with E-state index in [1.54, 1.807) is 0 Å². The van der Waals surface area contributed by atoms with Crippen LogP contribution < -0.4 is 4.74 Å². The van der Waals surface area contributed by atoms with Crippen LogP contribution in [0, 0.1) is 23.7 Å². The molecule has 3 aromatic rings. The Labute approximate surface area is 266 Å². The summed E-state index contributed by atoms with van der Waals surface area (Å²) in [7, 11) is 0. The van der Waals surface area contributed by atoms with Crippen LogP contribution in [0.4, 0.5) is 0 Å². The lowest BCUT2D eigenvalue weighted by molar-refractivity contribution is -0.155. The molecule has 43 heavy (non-hydrogen) atoms. The van der Waals surface area contributed by atoms with Crippen molar-refractivity contribution >= 4 is 75.9 Å². The minimum Gasteiger partial charge on any atom is -0.423 e. The van der Waals surface area contributed by atoms with Crippen LogP contribution in [0.15, 0.2) is 60.7 Å². The number of carbonyl (C=O) groups is 5. The van der Waals surface area contributed by atoms with Crippen LogP contribution in [0.1, 0.15) is 50.3 Å². The second-order valence-electron chi connectivity index (χ2n) is 10.8. The molecule has 6 rings (SSSR count). The molecule has 2 saturated carbocycles. The fourth-order valence-corrected chi connectivity index (χ4v) is 7.18. The van der Waals surface area contributed by atoms with Crippen LogP contribution >= 0.6 is 46.4 Å². The van der Waals surface area contributed by atoms with Crippen molar-refractivity contribution in [3.63, 3.8) is 0 Å². The highest BCUT2D eigenvalue weighted by molar-refractivity contribution is 6.42. The number of carbonyl (C=O) groups excluding carboxylic acids is 5. The van der Waals surface area contributed by atoms with Crippen LogP contribution in [0.25, 0.3) is 0 Å². The minimum absolute atomic E-state index is 0.0611. The molecule has 3 aromatic carbocycles. The number of amides is 3. The summed E-state index contributed by atoms with van der Waals surface area (Å²) in [5, 5.41) is 2.58. The Kier molecular flexibility index (Phi) is 7.98. The van der Waals surface area contributed by atoms with E-state index in [1.165, 1.54) is 60.7 Å². The van der Waals surface area contributed by atoms with Crippen LogP contribution in [0.2, 0.25) is 20.1 Å². The van der Waals surface area contributed by atoms with Gasteiger partial charge in [-0.25, -0.2) is 9.80 Å². The summed E-state index contributed by atoms with van der Waals surface area (Å²) in [5.41, 5.74) is 0.336. The molecular formula is C31H22Cl4N2O6. The molecule has 8 nitrogen and oxygen atoms in total. The van der Waals surface area contributed by atoms with Gasteiger partial charge < -0.3 is 4.74 Å². The van der Waals surface area contributed by atoms with E-state index in [4.69, 9.17) is 51.1 Å². The molecule has 0 radical (unpaired) electrons. The predicted octanol–water partition coefficient (Wildman–Crippen LogP) is 6.79. The van der Waals surface area contributed by atoms with Crippen molar-refractivity contribution < 1.29 is 28.7 Å². The Hall–Kier alpha value is -3.43. The molecule has 3 amide bonds. The van der Waals surface area contributed by atoms with Crippen LogP contribution in [0.3, 0.4) is 0 Å². The molecule has 220 valence electrons. The standard InChI is InChI=1S/C31H22Cl4N2O6/c32-19-6-9-21(23(34)13-19)31(42)43-20-7-3-15(4-8-20)25(38)14-36(28(39)18-5-10-22(33)24(35)12-18)37-29(40)26-16-1-2-17(11-16)27(26)30(37)41/h3-10,12-13,16-17,26-27H,1-2,11,14H2/t16-,17-,26+,27+/m0/s1. The summed E-state index contributed by atoms with van der Waals surface area (Å²) in [6.45, 7) is -0.592. The highest BCUT2D eigenvalue weighted by Gasteiger charge is 2.62. The third kappa shape index (κ3) is 5.42. The van der Waals surface area contributed by atoms with Gasteiger partial charge in [-0.05, 0) is 91.8 Å². The summed E-state index contributed by atoms with van der Waals surface area (Å²) in [5.74, 6) is -3.60. The number of rotatable bonds is 7. The Morgan fingerprint density at radius 2 is 1.40 bits per heavy atom. The number of hydrogen-bond acceptors (Lipinski definition) is 6. The van der Waals surface area contributed by atoms with E-state index < -0.39 is 47.9 Å². The zero-order valence-electron chi connectivity index (χ0n) is 22.3. The maximum Gasteiger partial charge on any atom is 0.345 e. The van der Waals surface area contributed by atoms with E-state index in [-0.39, 0.29) is 49.3 Å². The van der Waals surface area contributed by atoms with Crippen molar-refractivity contribution in [1.29, 1.82) is 0 Å². The molecule has 12 heteroatoms. The Bertz CT molecular complexity index is 1670. The van der Waals surface area contributed by atoms with Crippen molar-refractivity contribution in [2.75, 3.05) is 6.54 Å². The van der Waals surface area contributed by atoms with Gasteiger partial charge in [0.25, 0.3) is 17.7 Å². The molecule has 0 unspecified atom stereocenters. The highest BCUT2D eigenvalue weighted by atomic mass is 35.5. The number of hydrazine groups is 1. The number of ketones is 1. The second kappa shape index (κ2) is 11.6. The molecule has 2 bridgehead atoms. The monoisotopic (exact) mass is 658 g/mol. The van der Waals surface area contributed by atoms with Crippen LogP contribution in [-0.2, 0) is 9.59 Å². The lowest BCUT2D eigenvalue weighted by Gasteiger charge is -2.31. The van der Waals surface area contributed by atoms with Crippen molar-refractivity contribution in [3.8, 4) is 5.75 Å². The fraction of sp³-hybridized carbons (Fsp3) is 0.258. The Morgan fingerprint density at radius 1 is 0.767 bits per heavy atom. The number of nitrogens with zero attached hydrogens (tertiary/aromatic N) is 2. The maximum atomic E-state index is 13.8. The van der Waals surface area contributed by atoms with Gasteiger partial charge in [-0.3, -0.25) is 19.2 Å². The normalized spacial score (nSPS) is 22.1. The number of halogens is 4. The summed E-state index contributed by atoms with van der Waals surface area (Å²) in [6.07, 6.45) is 2.54. The van der Waals surface area contributed by atoms with Gasteiger partial charge in [0.05, 0.1) is 32.5 Å². The predicted molar refractivity (Wildman–Crippen MR) is 159 cm³/mol. The maximum absolute atomic E-state index is 13.8. The third-order valence-corrected chi connectivity index (χ3v) is 9.66. The van der Waals surface area contributed by atoms with Gasteiger partial charge in [0.15, 0.2) is 5.78 Å². The van der Waals surface area contributed by atoms with Gasteiger partial charge in [-0.1, -0.05) is 46.4 Å². The largest absolute Gasteiger partial charge is 0.423 e. The van der Waals surface area contributed by atoms with E-state index in [1.807, 2.05) is 0 Å². The van der Waals surface area contributed by atoms with E-state index in [0.717, 1.165) is 29.3 Å². The van der Waals surface area contributed by atoms with Gasteiger partial charge in [-0.15, -0.1) is 0 Å². The lowest BCUT2D eigenvalue weighted by atomic mass is 9.81. The molecule has 2 aliphatic carbocycles. The second-order valence-corrected chi connectivity index (χ2v) is 12.5. The number of benzene rings is 3. The average Bonchev–Trinajstić information content (AvgIpc) is 3.66. The van der Waals surface area contributed by atoms with Crippen molar-refractivity contribution in [1.82, 2.24) is 10.0 Å². The first kappa shape index (κ1) is 29.6. The molecule has 4 atom stereocenters. The van der Waals surface area contributed by atoms with Gasteiger partial charge in [0, 0.05) is 16.1 Å². The number of ether oxygens (including phenoxy) is 1. The van der Waals surface area contributed by atoms with Gasteiger partial charge >= 0.3 is 5.97 Å². The molecule has 0 aromatic heterocycles. The summed E-state index contributed by atoms with van der Waals surface area (Å²) >= 11 is 24.1. The average molecular weight is 660 g/mol. The minimum atomic E-state index is -0.744. The van der Waals surface area contributed by atoms with Crippen molar-refractivity contribution in [2.24, 2.45) is 23.7 Å². The van der Waals surface area contributed by atoms with Gasteiger partial charge in [0.1, 0.15) is 12.3 Å². The van der Waals surface area contributed by atoms with E-state index in [9.17, 15) is 24.0 Å². The summed E-state index contributed by atoms with van der Waals surface area (Å²) in [4.78, 5) is 67.0. The number of hydrogen-bond donors (Lipinski definition) is 0. The highest BCUT2D eigenvalue weighted by Crippen LogP contribution is 2.56. The molecule has 1 saturated heterocycles. The number of fused-ring (bicyclic) bond motifs is 5. The number of esters is 1. The number of Topliss-reactive ketones (excluding diaryl/α,β-unsaturated/α-hetero) is 1. The molecule has 1 aliphatic heterocycles. The van der Waals surface area contributed by atoms with Crippen molar-refractivity contribution in [2.45, 2.75) is 19.3 Å². The Balaban J connectivity index is 1.24. The number of imide groups is 1. The first-order chi connectivity index (χ1) is 20.5. The molecule has 3 fully saturated rings. The van der Waals surface area contributed by atoms with E-state index >= 15 is 0 Å². The summed E-state index contributed by atoms with van der Waals surface area (Å²) < 4.78 is 5.37. The zero-order valence-corrected chi connectivity index (χ0v) is 25.3. The van der Waals surface area contributed by atoms with E-state index in [2.05, 4.69) is 0 Å². The lowest BCUT2D eigenvalue weighted by Crippen LogP contribution is -2.52. The topological polar surface area (TPSA) is 101 Å². The first-order valence-corrected chi connectivity index (χ1v) is 15.0. The molecule has 1 heterocycles. The summed E-state index contributed by atoms with van der Waals surface area (Å²) in [6, 6.07) is 14.2. The molecule has 3 aliphatic rings.